The second-order valence-electron chi connectivity index (χ2n) is 3.55. The topological polar surface area (TPSA) is 78.9 Å². The highest BCUT2D eigenvalue weighted by molar-refractivity contribution is 7.12. The van der Waals surface area contributed by atoms with Gasteiger partial charge in [-0.2, -0.15) is 5.26 Å². The Balaban J connectivity index is 2.29. The molecule has 1 aliphatic carbocycles. The standard InChI is InChI=1S/C10H11N3OS/c11-5-6-4-7-8(13-10(12)14)2-1-3-9(7)15-6/h4,8H,1-3H2,(H3,12,13,14). The number of nitrogens with two attached hydrogens (primary N) is 1. The van der Waals surface area contributed by atoms with Crippen molar-refractivity contribution in [2.24, 2.45) is 5.73 Å². The highest BCUT2D eigenvalue weighted by Crippen LogP contribution is 2.35. The molecule has 2 amide bonds. The lowest BCUT2D eigenvalue weighted by Gasteiger charge is -2.22. The molecular weight excluding hydrogens is 210 g/mol. The molecule has 15 heavy (non-hydrogen) atoms. The van der Waals surface area contributed by atoms with Gasteiger partial charge in [-0.1, -0.05) is 0 Å². The fraction of sp³-hybridized carbons (Fsp3) is 0.400. The second kappa shape index (κ2) is 3.91. The SMILES string of the molecule is N#Cc1cc2c(s1)CCCC2NC(N)=O. The quantitative estimate of drug-likeness (QED) is 0.756. The zero-order valence-electron chi connectivity index (χ0n) is 8.12. The van der Waals surface area contributed by atoms with Crippen LogP contribution in [-0.4, -0.2) is 6.03 Å². The van der Waals surface area contributed by atoms with E-state index in [0.717, 1.165) is 24.8 Å². The Labute approximate surface area is 91.7 Å². The molecule has 1 unspecified atom stereocenters. The van der Waals surface area contributed by atoms with Gasteiger partial charge in [0.15, 0.2) is 0 Å². The number of nitriles is 1. The molecule has 0 spiro atoms. The van der Waals surface area contributed by atoms with Gasteiger partial charge < -0.3 is 11.1 Å². The molecule has 0 saturated heterocycles. The summed E-state index contributed by atoms with van der Waals surface area (Å²) in [7, 11) is 0. The molecule has 4 nitrogen and oxygen atoms in total. The van der Waals surface area contributed by atoms with Gasteiger partial charge in [0, 0.05) is 4.88 Å². The summed E-state index contributed by atoms with van der Waals surface area (Å²) < 4.78 is 0. The second-order valence-corrected chi connectivity index (χ2v) is 4.69. The number of nitrogens with one attached hydrogen (secondary N) is 1. The first-order chi connectivity index (χ1) is 7.20. The number of carbonyl (C=O) groups excluding carboxylic acids is 1. The first kappa shape index (κ1) is 9.99. The average molecular weight is 221 g/mol. The Morgan fingerprint density at radius 2 is 2.53 bits per heavy atom. The number of rotatable bonds is 1. The zero-order chi connectivity index (χ0) is 10.8. The van der Waals surface area contributed by atoms with Crippen molar-refractivity contribution in [2.45, 2.75) is 25.3 Å². The van der Waals surface area contributed by atoms with E-state index in [0.29, 0.717) is 4.88 Å². The van der Waals surface area contributed by atoms with Crippen LogP contribution in [-0.2, 0) is 6.42 Å². The van der Waals surface area contributed by atoms with Gasteiger partial charge in [0.2, 0.25) is 0 Å². The molecule has 0 saturated carbocycles. The van der Waals surface area contributed by atoms with E-state index in [1.165, 1.54) is 16.2 Å². The summed E-state index contributed by atoms with van der Waals surface area (Å²) in [5.74, 6) is 0. The summed E-state index contributed by atoms with van der Waals surface area (Å²) in [4.78, 5) is 12.7. The molecule has 1 aromatic rings. The average Bonchev–Trinajstić information content (AvgIpc) is 2.61. The van der Waals surface area contributed by atoms with Crippen molar-refractivity contribution in [1.29, 1.82) is 5.26 Å². The number of urea groups is 1. The Hall–Kier alpha value is -1.54. The van der Waals surface area contributed by atoms with Crippen LogP contribution in [0.1, 0.15) is 34.2 Å². The maximum Gasteiger partial charge on any atom is 0.312 e. The van der Waals surface area contributed by atoms with Crippen LogP contribution < -0.4 is 11.1 Å². The van der Waals surface area contributed by atoms with Gasteiger partial charge in [0.05, 0.1) is 6.04 Å². The van der Waals surface area contributed by atoms with E-state index < -0.39 is 6.03 Å². The summed E-state index contributed by atoms with van der Waals surface area (Å²) in [5.41, 5.74) is 6.18. The van der Waals surface area contributed by atoms with E-state index in [1.54, 1.807) is 0 Å². The summed E-state index contributed by atoms with van der Waals surface area (Å²) in [6, 6.07) is 3.48. The van der Waals surface area contributed by atoms with E-state index in [4.69, 9.17) is 11.0 Å². The van der Waals surface area contributed by atoms with Crippen molar-refractivity contribution in [2.75, 3.05) is 0 Å². The number of thiophene rings is 1. The lowest BCUT2D eigenvalue weighted by molar-refractivity contribution is 0.244. The minimum atomic E-state index is -0.502. The molecule has 5 heteroatoms. The fourth-order valence-electron chi connectivity index (χ4n) is 1.93. The lowest BCUT2D eigenvalue weighted by Crippen LogP contribution is -2.34. The Bertz CT molecular complexity index is 432. The zero-order valence-corrected chi connectivity index (χ0v) is 8.93. The smallest absolute Gasteiger partial charge is 0.312 e. The van der Waals surface area contributed by atoms with E-state index >= 15 is 0 Å². The first-order valence-corrected chi connectivity index (χ1v) is 5.61. The number of aryl methyl sites for hydroxylation is 1. The van der Waals surface area contributed by atoms with Crippen LogP contribution in [0.15, 0.2) is 6.07 Å². The number of hydrogen-bond acceptors (Lipinski definition) is 3. The molecule has 0 aliphatic heterocycles. The number of fused-ring (bicyclic) bond motifs is 1. The van der Waals surface area contributed by atoms with Crippen molar-refractivity contribution in [1.82, 2.24) is 5.32 Å². The van der Waals surface area contributed by atoms with E-state index in [1.807, 2.05) is 6.07 Å². The van der Waals surface area contributed by atoms with E-state index in [9.17, 15) is 4.79 Å². The molecule has 0 bridgehead atoms. The molecule has 0 fully saturated rings. The monoisotopic (exact) mass is 221 g/mol. The summed E-state index contributed by atoms with van der Waals surface area (Å²) in [6.45, 7) is 0. The van der Waals surface area contributed by atoms with Gasteiger partial charge in [0.1, 0.15) is 10.9 Å². The molecule has 0 aromatic carbocycles. The molecule has 78 valence electrons. The van der Waals surface area contributed by atoms with Gasteiger partial charge in [0.25, 0.3) is 0 Å². The Morgan fingerprint density at radius 1 is 1.73 bits per heavy atom. The highest BCUT2D eigenvalue weighted by Gasteiger charge is 2.23. The summed E-state index contributed by atoms with van der Waals surface area (Å²) in [5, 5.41) is 11.5. The summed E-state index contributed by atoms with van der Waals surface area (Å²) in [6.07, 6.45) is 2.93. The largest absolute Gasteiger partial charge is 0.352 e. The highest BCUT2D eigenvalue weighted by atomic mass is 32.1. The number of hydrogen-bond donors (Lipinski definition) is 2. The van der Waals surface area contributed by atoms with Gasteiger partial charge in [-0.15, -0.1) is 11.3 Å². The Kier molecular flexibility index (Phi) is 2.60. The number of nitrogens with zero attached hydrogens (tertiary/aromatic N) is 1. The van der Waals surface area contributed by atoms with Crippen molar-refractivity contribution in [3.8, 4) is 6.07 Å². The molecule has 3 N–H and O–H groups in total. The third-order valence-electron chi connectivity index (χ3n) is 2.54. The predicted octanol–water partition coefficient (Wildman–Crippen LogP) is 1.67. The number of carbonyl (C=O) groups is 1. The van der Waals surface area contributed by atoms with Crippen LogP contribution in [0.4, 0.5) is 4.79 Å². The van der Waals surface area contributed by atoms with Crippen LogP contribution >= 0.6 is 11.3 Å². The lowest BCUT2D eigenvalue weighted by atomic mass is 9.94. The molecule has 2 rings (SSSR count). The van der Waals surface area contributed by atoms with Gasteiger partial charge in [-0.05, 0) is 30.9 Å². The predicted molar refractivity (Wildman–Crippen MR) is 57.4 cm³/mol. The maximum absolute atomic E-state index is 10.8. The third-order valence-corrected chi connectivity index (χ3v) is 3.66. The molecular formula is C10H11N3OS. The van der Waals surface area contributed by atoms with Gasteiger partial charge in [-0.3, -0.25) is 0 Å². The summed E-state index contributed by atoms with van der Waals surface area (Å²) >= 11 is 1.51. The van der Waals surface area contributed by atoms with Crippen LogP contribution in [0.3, 0.4) is 0 Å². The normalized spacial score (nSPS) is 19.0. The third kappa shape index (κ3) is 1.95. The van der Waals surface area contributed by atoms with Crippen molar-refractivity contribution >= 4 is 17.4 Å². The number of amides is 2. The van der Waals surface area contributed by atoms with Gasteiger partial charge in [-0.25, -0.2) is 4.79 Å². The van der Waals surface area contributed by atoms with Crippen molar-refractivity contribution < 1.29 is 4.79 Å². The van der Waals surface area contributed by atoms with Crippen molar-refractivity contribution in [3.63, 3.8) is 0 Å². The van der Waals surface area contributed by atoms with E-state index in [2.05, 4.69) is 11.4 Å². The molecule has 1 aliphatic rings. The molecule has 1 heterocycles. The fourth-order valence-corrected chi connectivity index (χ4v) is 2.99. The molecule has 1 atom stereocenters. The number of primary amides is 1. The maximum atomic E-state index is 10.8. The van der Waals surface area contributed by atoms with Crippen LogP contribution in [0.5, 0.6) is 0 Å². The van der Waals surface area contributed by atoms with Crippen molar-refractivity contribution in [3.05, 3.63) is 21.4 Å². The Morgan fingerprint density at radius 3 is 3.20 bits per heavy atom. The van der Waals surface area contributed by atoms with Crippen LogP contribution in [0.2, 0.25) is 0 Å². The molecule has 0 radical (unpaired) electrons. The van der Waals surface area contributed by atoms with Gasteiger partial charge >= 0.3 is 6.03 Å². The minimum Gasteiger partial charge on any atom is -0.352 e. The van der Waals surface area contributed by atoms with Crippen LogP contribution in [0.25, 0.3) is 0 Å². The first-order valence-electron chi connectivity index (χ1n) is 4.79. The van der Waals surface area contributed by atoms with Crippen LogP contribution in [0, 0.1) is 11.3 Å². The van der Waals surface area contributed by atoms with E-state index in [-0.39, 0.29) is 6.04 Å². The minimum absolute atomic E-state index is 0.00963. The molecule has 1 aromatic heterocycles.